The van der Waals surface area contributed by atoms with E-state index >= 15 is 0 Å². The van der Waals surface area contributed by atoms with Gasteiger partial charge in [-0.2, -0.15) is 4.79 Å². The van der Waals surface area contributed by atoms with Crippen molar-refractivity contribution in [3.8, 4) is 0 Å². The Bertz CT molecular complexity index is 179. The summed E-state index contributed by atoms with van der Waals surface area (Å²) >= 11 is 0. The molecule has 0 heterocycles. The molecule has 0 radical (unpaired) electrons. The van der Waals surface area contributed by atoms with Gasteiger partial charge in [-0.25, -0.2) is 4.79 Å². The summed E-state index contributed by atoms with van der Waals surface area (Å²) in [5, 5.41) is 0. The number of esters is 1. The van der Waals surface area contributed by atoms with Crippen LogP contribution in [0.25, 0.3) is 5.53 Å². The van der Waals surface area contributed by atoms with E-state index in [1.807, 2.05) is 0 Å². The highest BCUT2D eigenvalue weighted by Gasteiger charge is 2.14. The normalized spacial score (nSPS) is 7.22. The Morgan fingerprint density at radius 3 is 2.56 bits per heavy atom. The minimum atomic E-state index is -0.701. The Morgan fingerprint density at radius 1 is 1.89 bits per heavy atom. The van der Waals surface area contributed by atoms with Crippen LogP contribution >= 0.6 is 0 Å². The Balaban J connectivity index is 4.32. The SMILES string of the molecule is C=CC(=[N+]=[N-])C(=O)OC. The van der Waals surface area contributed by atoms with Crippen molar-refractivity contribution in [2.45, 2.75) is 0 Å². The van der Waals surface area contributed by atoms with Crippen LogP contribution in [0, 0.1) is 0 Å². The summed E-state index contributed by atoms with van der Waals surface area (Å²) in [5.41, 5.74) is 7.85. The molecule has 0 fully saturated rings. The van der Waals surface area contributed by atoms with Crippen LogP contribution in [0.5, 0.6) is 0 Å². The summed E-state index contributed by atoms with van der Waals surface area (Å²) in [7, 11) is 1.19. The van der Waals surface area contributed by atoms with E-state index in [1.54, 1.807) is 0 Å². The van der Waals surface area contributed by atoms with Crippen LogP contribution in [0.15, 0.2) is 12.7 Å². The fraction of sp³-hybridized carbons (Fsp3) is 0.200. The third-order valence-electron chi connectivity index (χ3n) is 0.696. The number of hydrogen-bond donors (Lipinski definition) is 0. The molecule has 0 aliphatic heterocycles. The van der Waals surface area contributed by atoms with Crippen molar-refractivity contribution in [1.29, 1.82) is 0 Å². The van der Waals surface area contributed by atoms with Gasteiger partial charge in [-0.3, -0.25) is 0 Å². The maximum atomic E-state index is 10.4. The molecule has 48 valence electrons. The third kappa shape index (κ3) is 1.88. The van der Waals surface area contributed by atoms with E-state index in [-0.39, 0.29) is 5.71 Å². The number of methoxy groups -OCH3 is 1. The van der Waals surface area contributed by atoms with Crippen LogP contribution in [-0.2, 0) is 9.53 Å². The molecular weight excluding hydrogens is 120 g/mol. The van der Waals surface area contributed by atoms with Gasteiger partial charge in [0, 0.05) is 6.08 Å². The molecular formula is C5H6N2O2. The summed E-state index contributed by atoms with van der Waals surface area (Å²) in [5.74, 6) is -0.701. The van der Waals surface area contributed by atoms with Gasteiger partial charge < -0.3 is 10.3 Å². The number of nitrogens with zero attached hydrogens (tertiary/aromatic N) is 2. The van der Waals surface area contributed by atoms with Crippen LogP contribution in [0.4, 0.5) is 0 Å². The lowest BCUT2D eigenvalue weighted by atomic mass is 10.4. The largest absolute Gasteiger partial charge is 0.460 e. The number of rotatable bonds is 2. The Hall–Kier alpha value is -1.41. The monoisotopic (exact) mass is 126 g/mol. The van der Waals surface area contributed by atoms with E-state index in [4.69, 9.17) is 5.53 Å². The fourth-order valence-electron chi connectivity index (χ4n) is 0.270. The molecule has 0 aliphatic carbocycles. The zero-order valence-electron chi connectivity index (χ0n) is 5.00. The standard InChI is InChI=1S/C5H6N2O2/c1-3-4(7-6)5(8)9-2/h3H,1H2,2H3. The first kappa shape index (κ1) is 7.59. The van der Waals surface area contributed by atoms with Gasteiger partial charge in [-0.05, 0) is 0 Å². The van der Waals surface area contributed by atoms with E-state index in [2.05, 4.69) is 16.1 Å². The van der Waals surface area contributed by atoms with Crippen molar-refractivity contribution < 1.29 is 14.3 Å². The highest BCUT2D eigenvalue weighted by atomic mass is 16.5. The molecule has 0 bridgehead atoms. The molecule has 0 saturated heterocycles. The average molecular weight is 126 g/mol. The number of carbonyl (C=O) groups excluding carboxylic acids is 1. The van der Waals surface area contributed by atoms with Gasteiger partial charge in [0.2, 0.25) is 0 Å². The zero-order valence-corrected chi connectivity index (χ0v) is 5.00. The minimum absolute atomic E-state index is 0.197. The van der Waals surface area contributed by atoms with E-state index in [9.17, 15) is 4.79 Å². The van der Waals surface area contributed by atoms with Crippen molar-refractivity contribution >= 4 is 11.7 Å². The highest BCUT2D eigenvalue weighted by Crippen LogP contribution is 1.76. The Morgan fingerprint density at radius 2 is 2.44 bits per heavy atom. The van der Waals surface area contributed by atoms with Crippen molar-refractivity contribution in [1.82, 2.24) is 0 Å². The van der Waals surface area contributed by atoms with E-state index in [0.717, 1.165) is 6.08 Å². The Labute approximate surface area is 52.4 Å². The molecule has 0 N–H and O–H groups in total. The number of carbonyl (C=O) groups is 1. The predicted molar refractivity (Wildman–Crippen MR) is 30.8 cm³/mol. The lowest BCUT2D eigenvalue weighted by molar-refractivity contribution is -0.137. The molecule has 4 heteroatoms. The number of ether oxygens (including phenoxy) is 1. The molecule has 0 atom stereocenters. The maximum Gasteiger partial charge on any atom is 0.421 e. The summed E-state index contributed by atoms with van der Waals surface area (Å²) in [6.07, 6.45) is 1.10. The van der Waals surface area contributed by atoms with E-state index < -0.39 is 5.97 Å². The summed E-state index contributed by atoms with van der Waals surface area (Å²) < 4.78 is 4.19. The summed E-state index contributed by atoms with van der Waals surface area (Å²) in [6.45, 7) is 3.21. The zero-order chi connectivity index (χ0) is 7.28. The van der Waals surface area contributed by atoms with Gasteiger partial charge in [0.15, 0.2) is 0 Å². The topological polar surface area (TPSA) is 62.7 Å². The molecule has 0 saturated carbocycles. The molecule has 0 rings (SSSR count). The average Bonchev–Trinajstić information content (AvgIpc) is 1.90. The minimum Gasteiger partial charge on any atom is -0.460 e. The van der Waals surface area contributed by atoms with E-state index in [0.29, 0.717) is 0 Å². The van der Waals surface area contributed by atoms with Gasteiger partial charge in [-0.15, -0.1) is 0 Å². The van der Waals surface area contributed by atoms with Crippen LogP contribution in [-0.4, -0.2) is 23.6 Å². The first-order valence-electron chi connectivity index (χ1n) is 2.19. The molecule has 0 aromatic rings. The van der Waals surface area contributed by atoms with E-state index in [1.165, 1.54) is 7.11 Å². The van der Waals surface area contributed by atoms with Crippen molar-refractivity contribution in [3.63, 3.8) is 0 Å². The summed E-state index contributed by atoms with van der Waals surface area (Å²) in [4.78, 5) is 13.0. The quantitative estimate of drug-likeness (QED) is 0.226. The van der Waals surface area contributed by atoms with Crippen LogP contribution in [0.2, 0.25) is 0 Å². The van der Waals surface area contributed by atoms with Crippen LogP contribution in [0.3, 0.4) is 0 Å². The van der Waals surface area contributed by atoms with Crippen LogP contribution in [0.1, 0.15) is 0 Å². The van der Waals surface area contributed by atoms with Gasteiger partial charge >= 0.3 is 11.7 Å². The van der Waals surface area contributed by atoms with Crippen molar-refractivity contribution in [2.24, 2.45) is 0 Å². The maximum absolute atomic E-state index is 10.4. The predicted octanol–water partition coefficient (Wildman–Crippen LogP) is 0.0162. The smallest absolute Gasteiger partial charge is 0.421 e. The van der Waals surface area contributed by atoms with Gasteiger partial charge in [0.25, 0.3) is 0 Å². The second-order valence-electron chi connectivity index (χ2n) is 1.18. The van der Waals surface area contributed by atoms with Gasteiger partial charge in [-0.1, -0.05) is 6.58 Å². The van der Waals surface area contributed by atoms with Crippen molar-refractivity contribution in [3.05, 3.63) is 18.2 Å². The highest BCUT2D eigenvalue weighted by molar-refractivity contribution is 6.38. The van der Waals surface area contributed by atoms with Gasteiger partial charge in [0.05, 0.1) is 7.11 Å². The molecule has 9 heavy (non-hydrogen) atoms. The molecule has 0 aliphatic rings. The van der Waals surface area contributed by atoms with Crippen LogP contribution < -0.4 is 0 Å². The molecule has 0 amide bonds. The first-order valence-corrected chi connectivity index (χ1v) is 2.19. The first-order chi connectivity index (χ1) is 4.26. The lowest BCUT2D eigenvalue weighted by Crippen LogP contribution is -2.13. The second-order valence-corrected chi connectivity index (χ2v) is 1.18. The number of hydrogen-bond acceptors (Lipinski definition) is 2. The van der Waals surface area contributed by atoms with Crippen molar-refractivity contribution in [2.75, 3.05) is 7.11 Å². The Kier molecular flexibility index (Phi) is 3.01. The third-order valence-corrected chi connectivity index (χ3v) is 0.696. The summed E-state index contributed by atoms with van der Waals surface area (Å²) in [6, 6.07) is 0. The molecule has 0 unspecified atom stereocenters. The molecule has 0 spiro atoms. The fourth-order valence-corrected chi connectivity index (χ4v) is 0.270. The second kappa shape index (κ2) is 3.57. The molecule has 4 nitrogen and oxygen atoms in total. The molecule has 0 aromatic heterocycles. The molecule has 0 aromatic carbocycles. The lowest BCUT2D eigenvalue weighted by Gasteiger charge is -1.85. The van der Waals surface area contributed by atoms with Gasteiger partial charge in [0.1, 0.15) is 0 Å².